The van der Waals surface area contributed by atoms with Gasteiger partial charge >= 0.3 is 0 Å². The van der Waals surface area contributed by atoms with Gasteiger partial charge in [-0.2, -0.15) is 5.10 Å². The fraction of sp³-hybridized carbons (Fsp3) is 0.789. The molecule has 5 fully saturated rings. The first-order valence-corrected chi connectivity index (χ1v) is 10.1. The number of aromatic nitrogens is 2. The second-order valence-corrected chi connectivity index (χ2v) is 9.16. The molecule has 4 bridgehead atoms. The highest BCUT2D eigenvalue weighted by Gasteiger charge is 2.55. The molecule has 2 unspecified atom stereocenters. The van der Waals surface area contributed by atoms with Crippen LogP contribution in [0.4, 0.5) is 10.2 Å². The monoisotopic (exact) mass is 377 g/mol. The quantitative estimate of drug-likeness (QED) is 0.629. The standard InChI is InChI=1S/C19H28FN5O2/c1-25-17(22-13-2-3-21-9-13)14(20)16(24-25)18(26)23-15-11-4-10-5-12(15)8-19(27,6-10)7-11/h10-13,15,21-22,27H,2-9H2,1H3,(H,23,26)/t10?,11?,12?,13-,15?,19?/m1/s1. The summed E-state index contributed by atoms with van der Waals surface area (Å²) in [7, 11) is 1.66. The van der Waals surface area contributed by atoms with Crippen molar-refractivity contribution in [1.29, 1.82) is 0 Å². The molecule has 27 heavy (non-hydrogen) atoms. The first kappa shape index (κ1) is 17.4. The summed E-state index contributed by atoms with van der Waals surface area (Å²) in [6.07, 6.45) is 5.42. The van der Waals surface area contributed by atoms with Crippen LogP contribution in [0.2, 0.25) is 0 Å². The number of aryl methyl sites for hydroxylation is 1. The van der Waals surface area contributed by atoms with Gasteiger partial charge in [0.05, 0.1) is 5.60 Å². The third-order valence-electron chi connectivity index (χ3n) is 7.14. The van der Waals surface area contributed by atoms with Gasteiger partial charge in [0.1, 0.15) is 0 Å². The van der Waals surface area contributed by atoms with Crippen LogP contribution in [0.15, 0.2) is 0 Å². The lowest BCUT2D eigenvalue weighted by Gasteiger charge is -2.58. The van der Waals surface area contributed by atoms with Gasteiger partial charge in [0, 0.05) is 25.7 Å². The van der Waals surface area contributed by atoms with E-state index in [1.54, 1.807) is 7.05 Å². The van der Waals surface area contributed by atoms with Crippen LogP contribution in [-0.4, -0.2) is 51.6 Å². The van der Waals surface area contributed by atoms with Crippen molar-refractivity contribution >= 4 is 11.7 Å². The van der Waals surface area contributed by atoms with Gasteiger partial charge in [-0.05, 0) is 62.8 Å². The molecular formula is C19H28FN5O2. The van der Waals surface area contributed by atoms with E-state index in [0.29, 0.717) is 17.8 Å². The van der Waals surface area contributed by atoms with Crippen molar-refractivity contribution in [2.75, 3.05) is 18.4 Å². The number of aliphatic hydroxyl groups is 1. The maximum Gasteiger partial charge on any atom is 0.275 e. The number of nitrogens with one attached hydrogen (secondary N) is 3. The first-order valence-electron chi connectivity index (χ1n) is 10.1. The summed E-state index contributed by atoms with van der Waals surface area (Å²) in [5.74, 6) is 0.407. The smallest absolute Gasteiger partial charge is 0.275 e. The molecule has 1 saturated heterocycles. The number of anilines is 1. The van der Waals surface area contributed by atoms with Crippen molar-refractivity contribution in [3.63, 3.8) is 0 Å². The third kappa shape index (κ3) is 2.93. The number of halogens is 1. The van der Waals surface area contributed by atoms with E-state index < -0.39 is 17.3 Å². The van der Waals surface area contributed by atoms with E-state index in [0.717, 1.165) is 51.6 Å². The summed E-state index contributed by atoms with van der Waals surface area (Å²) in [5, 5.41) is 24.3. The minimum Gasteiger partial charge on any atom is -0.390 e. The van der Waals surface area contributed by atoms with E-state index in [-0.39, 0.29) is 23.6 Å². The Morgan fingerprint density at radius 3 is 2.70 bits per heavy atom. The van der Waals surface area contributed by atoms with Crippen LogP contribution in [0.5, 0.6) is 0 Å². The lowest BCUT2D eigenvalue weighted by molar-refractivity contribution is -0.137. The van der Waals surface area contributed by atoms with Crippen molar-refractivity contribution in [3.8, 4) is 0 Å². The minimum absolute atomic E-state index is 0.0196. The molecule has 2 heterocycles. The van der Waals surface area contributed by atoms with Crippen LogP contribution in [-0.2, 0) is 7.05 Å². The number of amides is 1. The second kappa shape index (κ2) is 6.17. The molecule has 0 aromatic carbocycles. The highest BCUT2D eigenvalue weighted by Crippen LogP contribution is 2.55. The van der Waals surface area contributed by atoms with E-state index in [1.165, 1.54) is 4.68 Å². The molecule has 0 spiro atoms. The van der Waals surface area contributed by atoms with Crippen LogP contribution in [0.1, 0.15) is 49.0 Å². The molecule has 4 aliphatic carbocycles. The molecule has 148 valence electrons. The molecule has 4 N–H and O–H groups in total. The topological polar surface area (TPSA) is 91.2 Å². The van der Waals surface area contributed by atoms with Crippen molar-refractivity contribution in [2.45, 2.75) is 56.2 Å². The van der Waals surface area contributed by atoms with E-state index in [4.69, 9.17) is 0 Å². The number of carbonyl (C=O) groups excluding carboxylic acids is 1. The summed E-state index contributed by atoms with van der Waals surface area (Å²) in [6, 6.07) is 0.169. The molecule has 1 aliphatic heterocycles. The summed E-state index contributed by atoms with van der Waals surface area (Å²) in [4.78, 5) is 12.8. The SMILES string of the molecule is Cn1nc(C(=O)NC2C3CC4CC2CC(O)(C4)C3)c(F)c1N[C@@H]1CCNC1. The predicted octanol–water partition coefficient (Wildman–Crippen LogP) is 1.00. The van der Waals surface area contributed by atoms with E-state index >= 15 is 0 Å². The molecule has 5 aliphatic rings. The summed E-state index contributed by atoms with van der Waals surface area (Å²) in [5.41, 5.74) is -0.682. The Labute approximate surface area is 158 Å². The molecule has 7 nitrogen and oxygen atoms in total. The van der Waals surface area contributed by atoms with Crippen LogP contribution >= 0.6 is 0 Å². The van der Waals surface area contributed by atoms with E-state index in [1.807, 2.05) is 0 Å². The van der Waals surface area contributed by atoms with Crippen molar-refractivity contribution in [3.05, 3.63) is 11.5 Å². The van der Waals surface area contributed by atoms with Gasteiger partial charge in [0.25, 0.3) is 5.91 Å². The fourth-order valence-electron chi connectivity index (χ4n) is 6.21. The lowest BCUT2D eigenvalue weighted by Crippen LogP contribution is -2.61. The van der Waals surface area contributed by atoms with Crippen molar-refractivity contribution in [2.24, 2.45) is 24.8 Å². The summed E-state index contributed by atoms with van der Waals surface area (Å²) < 4.78 is 16.3. The average Bonchev–Trinajstić information content (AvgIpc) is 3.20. The maximum absolute atomic E-state index is 14.9. The van der Waals surface area contributed by atoms with Gasteiger partial charge in [0.15, 0.2) is 17.3 Å². The van der Waals surface area contributed by atoms with Crippen LogP contribution in [0.25, 0.3) is 0 Å². The molecular weight excluding hydrogens is 349 g/mol. The Morgan fingerprint density at radius 1 is 1.33 bits per heavy atom. The zero-order valence-electron chi connectivity index (χ0n) is 15.7. The number of hydrogen-bond acceptors (Lipinski definition) is 5. The summed E-state index contributed by atoms with van der Waals surface area (Å²) in [6.45, 7) is 1.68. The first-order chi connectivity index (χ1) is 12.9. The van der Waals surface area contributed by atoms with Gasteiger partial charge < -0.3 is 21.1 Å². The molecule has 1 aromatic heterocycles. The Kier molecular flexibility index (Phi) is 3.98. The molecule has 4 saturated carbocycles. The maximum atomic E-state index is 14.9. The lowest BCUT2D eigenvalue weighted by atomic mass is 9.52. The normalized spacial score (nSPS) is 39.7. The molecule has 8 heteroatoms. The number of hydrogen-bond donors (Lipinski definition) is 4. The zero-order chi connectivity index (χ0) is 18.8. The zero-order valence-corrected chi connectivity index (χ0v) is 15.7. The van der Waals surface area contributed by atoms with Gasteiger partial charge in [-0.1, -0.05) is 0 Å². The average molecular weight is 377 g/mol. The van der Waals surface area contributed by atoms with Gasteiger partial charge in [-0.15, -0.1) is 0 Å². The van der Waals surface area contributed by atoms with E-state index in [9.17, 15) is 14.3 Å². The highest BCUT2D eigenvalue weighted by atomic mass is 19.1. The Morgan fingerprint density at radius 2 is 2.07 bits per heavy atom. The second-order valence-electron chi connectivity index (χ2n) is 9.16. The van der Waals surface area contributed by atoms with Crippen molar-refractivity contribution < 1.29 is 14.3 Å². The molecule has 6 rings (SSSR count). The molecule has 1 aromatic rings. The molecule has 0 radical (unpaired) electrons. The molecule has 1 amide bonds. The summed E-state index contributed by atoms with van der Waals surface area (Å²) >= 11 is 0. The van der Waals surface area contributed by atoms with Crippen LogP contribution in [0, 0.1) is 23.6 Å². The van der Waals surface area contributed by atoms with Crippen LogP contribution in [0.3, 0.4) is 0 Å². The Bertz CT molecular complexity index is 744. The minimum atomic E-state index is -0.579. The Hall–Kier alpha value is -1.67. The largest absolute Gasteiger partial charge is 0.390 e. The number of nitrogens with zero attached hydrogens (tertiary/aromatic N) is 2. The van der Waals surface area contributed by atoms with Gasteiger partial charge in [-0.3, -0.25) is 4.79 Å². The Balaban J connectivity index is 1.32. The van der Waals surface area contributed by atoms with Crippen molar-refractivity contribution in [1.82, 2.24) is 20.4 Å². The third-order valence-corrected chi connectivity index (χ3v) is 7.14. The van der Waals surface area contributed by atoms with Gasteiger partial charge in [0.2, 0.25) is 0 Å². The predicted molar refractivity (Wildman–Crippen MR) is 97.8 cm³/mol. The van der Waals surface area contributed by atoms with Gasteiger partial charge in [-0.25, -0.2) is 9.07 Å². The number of carbonyl (C=O) groups is 1. The molecule has 3 atom stereocenters. The highest BCUT2D eigenvalue weighted by molar-refractivity contribution is 5.93. The van der Waals surface area contributed by atoms with Crippen LogP contribution < -0.4 is 16.0 Å². The fourth-order valence-corrected chi connectivity index (χ4v) is 6.21. The van der Waals surface area contributed by atoms with E-state index in [2.05, 4.69) is 21.0 Å². The number of rotatable bonds is 4.